The van der Waals surface area contributed by atoms with E-state index in [4.69, 9.17) is 5.73 Å². The fourth-order valence-corrected chi connectivity index (χ4v) is 4.60. The molecular formula is C15H15N3S3. The maximum Gasteiger partial charge on any atom is 0.175 e. The van der Waals surface area contributed by atoms with Crippen molar-refractivity contribution in [2.24, 2.45) is 5.73 Å². The van der Waals surface area contributed by atoms with Gasteiger partial charge < -0.3 is 5.73 Å². The summed E-state index contributed by atoms with van der Waals surface area (Å²) in [6.07, 6.45) is 2.01. The maximum absolute atomic E-state index is 6.38. The van der Waals surface area contributed by atoms with Gasteiger partial charge in [0.1, 0.15) is 0 Å². The van der Waals surface area contributed by atoms with E-state index in [9.17, 15) is 0 Å². The van der Waals surface area contributed by atoms with E-state index in [2.05, 4.69) is 52.7 Å². The van der Waals surface area contributed by atoms with Crippen LogP contribution in [0.3, 0.4) is 0 Å². The van der Waals surface area contributed by atoms with E-state index in [-0.39, 0.29) is 6.04 Å². The molecule has 0 bridgehead atoms. The first kappa shape index (κ1) is 14.8. The Balaban J connectivity index is 1.76. The molecule has 1 heterocycles. The van der Waals surface area contributed by atoms with Crippen LogP contribution in [0.5, 0.6) is 0 Å². The molecular weight excluding hydrogens is 318 g/mol. The second kappa shape index (κ2) is 6.79. The molecule has 6 heteroatoms. The number of nitrogens with zero attached hydrogens (tertiary/aromatic N) is 2. The average Bonchev–Trinajstić information content (AvgIpc) is 3.00. The minimum absolute atomic E-state index is 0.0114. The van der Waals surface area contributed by atoms with E-state index >= 15 is 0 Å². The third-order valence-corrected chi connectivity index (χ3v) is 6.32. The number of hydrogen-bond acceptors (Lipinski definition) is 6. The third-order valence-electron chi connectivity index (χ3n) is 3.17. The van der Waals surface area contributed by atoms with Gasteiger partial charge in [0, 0.05) is 11.8 Å². The minimum Gasteiger partial charge on any atom is -0.323 e. The van der Waals surface area contributed by atoms with Gasteiger partial charge in [-0.05, 0) is 22.6 Å². The number of nitrogens with two attached hydrogens (primary N) is 1. The van der Waals surface area contributed by atoms with Crippen LogP contribution in [0, 0.1) is 0 Å². The Bertz CT molecular complexity index is 736. The summed E-state index contributed by atoms with van der Waals surface area (Å²) < 4.78 is 1.98. The van der Waals surface area contributed by atoms with E-state index in [1.54, 1.807) is 34.9 Å². The van der Waals surface area contributed by atoms with Crippen LogP contribution >= 0.6 is 34.9 Å². The predicted molar refractivity (Wildman–Crippen MR) is 93.3 cm³/mol. The van der Waals surface area contributed by atoms with Crippen LogP contribution < -0.4 is 5.73 Å². The van der Waals surface area contributed by atoms with Crippen LogP contribution in [-0.2, 0) is 0 Å². The molecule has 0 amide bonds. The van der Waals surface area contributed by atoms with Gasteiger partial charge in [-0.2, -0.15) is 0 Å². The van der Waals surface area contributed by atoms with Gasteiger partial charge in [-0.1, -0.05) is 77.3 Å². The quantitative estimate of drug-likeness (QED) is 0.709. The molecule has 0 spiro atoms. The van der Waals surface area contributed by atoms with Gasteiger partial charge in [0.05, 0.1) is 0 Å². The zero-order valence-corrected chi connectivity index (χ0v) is 14.0. The molecule has 108 valence electrons. The van der Waals surface area contributed by atoms with Crippen LogP contribution in [0.1, 0.15) is 11.6 Å². The van der Waals surface area contributed by atoms with E-state index in [0.29, 0.717) is 0 Å². The lowest BCUT2D eigenvalue weighted by molar-refractivity contribution is 0.838. The molecule has 0 saturated carbocycles. The number of fused-ring (bicyclic) bond motifs is 1. The lowest BCUT2D eigenvalue weighted by atomic mass is 10.0. The molecule has 0 aliphatic carbocycles. The predicted octanol–water partition coefficient (Wildman–Crippen LogP) is 4.21. The molecule has 0 aliphatic heterocycles. The highest BCUT2D eigenvalue weighted by molar-refractivity contribution is 8.02. The van der Waals surface area contributed by atoms with Gasteiger partial charge in [0.2, 0.25) is 0 Å². The second-order valence-corrected chi connectivity index (χ2v) is 7.82. The van der Waals surface area contributed by atoms with E-state index in [1.165, 1.54) is 16.3 Å². The van der Waals surface area contributed by atoms with Crippen molar-refractivity contribution in [1.82, 2.24) is 10.2 Å². The number of hydrogen-bond donors (Lipinski definition) is 1. The first-order valence-corrected chi connectivity index (χ1v) is 9.54. The molecule has 1 aromatic heterocycles. The highest BCUT2D eigenvalue weighted by atomic mass is 32.2. The summed E-state index contributed by atoms with van der Waals surface area (Å²) in [7, 11) is 0. The van der Waals surface area contributed by atoms with Gasteiger partial charge in [-0.15, -0.1) is 10.2 Å². The Hall–Kier alpha value is -1.08. The van der Waals surface area contributed by atoms with Crippen molar-refractivity contribution in [3.63, 3.8) is 0 Å². The van der Waals surface area contributed by atoms with Gasteiger partial charge in [0.25, 0.3) is 0 Å². The van der Waals surface area contributed by atoms with Crippen molar-refractivity contribution < 1.29 is 0 Å². The molecule has 0 saturated heterocycles. The van der Waals surface area contributed by atoms with Gasteiger partial charge in [0.15, 0.2) is 8.68 Å². The zero-order chi connectivity index (χ0) is 14.7. The van der Waals surface area contributed by atoms with Crippen LogP contribution in [0.4, 0.5) is 0 Å². The molecule has 1 unspecified atom stereocenters. The summed E-state index contributed by atoms with van der Waals surface area (Å²) >= 11 is 4.92. The highest BCUT2D eigenvalue weighted by Crippen LogP contribution is 2.31. The summed E-state index contributed by atoms with van der Waals surface area (Å²) in [5, 5.41) is 10.7. The van der Waals surface area contributed by atoms with Gasteiger partial charge >= 0.3 is 0 Å². The molecule has 3 rings (SSSR count). The third kappa shape index (κ3) is 3.40. The first-order chi connectivity index (χ1) is 10.3. The molecule has 3 aromatic rings. The molecule has 0 radical (unpaired) electrons. The normalized spacial score (nSPS) is 12.7. The largest absolute Gasteiger partial charge is 0.323 e. The minimum atomic E-state index is -0.0114. The Kier molecular flexibility index (Phi) is 4.80. The molecule has 21 heavy (non-hydrogen) atoms. The van der Waals surface area contributed by atoms with Crippen molar-refractivity contribution >= 4 is 45.6 Å². The standard InChI is InChI=1S/C15H15N3S3/c1-19-14-17-18-15(21-14)20-9-13(16)12-8-4-6-10-5-2-3-7-11(10)12/h2-8,13H,9,16H2,1H3. The summed E-state index contributed by atoms with van der Waals surface area (Å²) in [6, 6.07) is 14.6. The Morgan fingerprint density at radius 1 is 1.10 bits per heavy atom. The Morgan fingerprint density at radius 3 is 2.67 bits per heavy atom. The van der Waals surface area contributed by atoms with Gasteiger partial charge in [-0.25, -0.2) is 0 Å². The monoisotopic (exact) mass is 333 g/mol. The van der Waals surface area contributed by atoms with E-state index in [0.717, 1.165) is 14.4 Å². The fraction of sp³-hybridized carbons (Fsp3) is 0.200. The van der Waals surface area contributed by atoms with Crippen molar-refractivity contribution in [2.45, 2.75) is 14.7 Å². The summed E-state index contributed by atoms with van der Waals surface area (Å²) in [6.45, 7) is 0. The molecule has 1 atom stereocenters. The summed E-state index contributed by atoms with van der Waals surface area (Å²) in [5.74, 6) is 0.803. The lowest BCUT2D eigenvalue weighted by Gasteiger charge is -2.13. The molecule has 2 aromatic carbocycles. The van der Waals surface area contributed by atoms with Crippen molar-refractivity contribution in [2.75, 3.05) is 12.0 Å². The number of benzene rings is 2. The Morgan fingerprint density at radius 2 is 1.86 bits per heavy atom. The Labute approximate surface area is 136 Å². The van der Waals surface area contributed by atoms with Crippen LogP contribution in [0.25, 0.3) is 10.8 Å². The number of aromatic nitrogens is 2. The lowest BCUT2D eigenvalue weighted by Crippen LogP contribution is -2.13. The van der Waals surface area contributed by atoms with Crippen molar-refractivity contribution in [3.8, 4) is 0 Å². The van der Waals surface area contributed by atoms with E-state index in [1.807, 2.05) is 6.26 Å². The fourth-order valence-electron chi connectivity index (χ4n) is 2.16. The highest BCUT2D eigenvalue weighted by Gasteiger charge is 2.12. The molecule has 3 nitrogen and oxygen atoms in total. The number of rotatable bonds is 5. The molecule has 0 fully saturated rings. The topological polar surface area (TPSA) is 51.8 Å². The average molecular weight is 334 g/mol. The second-order valence-electron chi connectivity index (χ2n) is 4.52. The van der Waals surface area contributed by atoms with Crippen LogP contribution in [-0.4, -0.2) is 22.2 Å². The molecule has 2 N–H and O–H groups in total. The van der Waals surface area contributed by atoms with E-state index < -0.39 is 0 Å². The SMILES string of the molecule is CSc1nnc(SCC(N)c2cccc3ccccc23)s1. The van der Waals surface area contributed by atoms with Gasteiger partial charge in [-0.3, -0.25) is 0 Å². The zero-order valence-electron chi connectivity index (χ0n) is 11.5. The first-order valence-electron chi connectivity index (χ1n) is 6.51. The van der Waals surface area contributed by atoms with Crippen LogP contribution in [0.2, 0.25) is 0 Å². The number of thioether (sulfide) groups is 2. The summed E-state index contributed by atoms with van der Waals surface area (Å²) in [5.41, 5.74) is 7.57. The van der Waals surface area contributed by atoms with Crippen molar-refractivity contribution in [3.05, 3.63) is 48.0 Å². The van der Waals surface area contributed by atoms with Crippen molar-refractivity contribution in [1.29, 1.82) is 0 Å². The van der Waals surface area contributed by atoms with Crippen LogP contribution in [0.15, 0.2) is 51.1 Å². The molecule has 0 aliphatic rings. The smallest absolute Gasteiger partial charge is 0.175 e. The summed E-state index contributed by atoms with van der Waals surface area (Å²) in [4.78, 5) is 0. The maximum atomic E-state index is 6.38.